The number of carbonyl (C=O) groups is 1. The van der Waals surface area contributed by atoms with E-state index >= 15 is 0 Å². The molecule has 2 unspecified atom stereocenters. The molecular weight excluding hydrogens is 741 g/mol. The maximum absolute atomic E-state index is 13.8. The van der Waals surface area contributed by atoms with Crippen molar-refractivity contribution in [3.05, 3.63) is 196 Å². The fraction of sp³-hybridized carbons (Fsp3) is 0.208. The van der Waals surface area contributed by atoms with Gasteiger partial charge in [0, 0.05) is 12.1 Å². The molecule has 11 nitrogen and oxygen atoms in total. The van der Waals surface area contributed by atoms with E-state index in [4.69, 9.17) is 28.9 Å². The number of aromatic nitrogens is 4. The molecular formula is C48H44N6O5. The van der Waals surface area contributed by atoms with E-state index in [1.165, 1.54) is 0 Å². The number of rotatable bonds is 14. The van der Waals surface area contributed by atoms with E-state index in [1.807, 2.05) is 78.3 Å². The summed E-state index contributed by atoms with van der Waals surface area (Å²) in [7, 11) is 0. The first-order valence-corrected chi connectivity index (χ1v) is 19.7. The molecule has 2 aromatic heterocycles. The van der Waals surface area contributed by atoms with Gasteiger partial charge in [0.2, 0.25) is 0 Å². The summed E-state index contributed by atoms with van der Waals surface area (Å²) in [5.41, 5.74) is 7.19. The number of benzene rings is 5. The number of ether oxygens (including phenoxy) is 1. The fourth-order valence-corrected chi connectivity index (χ4v) is 8.05. The normalized spacial score (nSPS) is 15.5. The van der Waals surface area contributed by atoms with Crippen LogP contribution in [-0.2, 0) is 28.2 Å². The standard InChI is InChI=1S/C48H44N6O5/c1-5-17-42-49-43(32(2)3)44(46(55)57-31-41-33(4)58-47(56)59-41)53(42)30-34-26-28-35(29-27-34)39-24-15-16-25-40(39)45-50-51-52-54(45)48(36-18-9-6-10-19-36,37-20-11-7-12-21-37)38-22-13-8-14-23-38/h6-16,18-29,42,44H,2,5,17,30-31H2,1,3-4H3. The lowest BCUT2D eigenvalue weighted by Gasteiger charge is -2.36. The summed E-state index contributed by atoms with van der Waals surface area (Å²) < 4.78 is 17.7. The van der Waals surface area contributed by atoms with Gasteiger partial charge in [-0.3, -0.25) is 9.89 Å². The highest BCUT2D eigenvalue weighted by atomic mass is 16.6. The Labute approximate surface area is 342 Å². The van der Waals surface area contributed by atoms with Crippen molar-refractivity contribution in [2.24, 2.45) is 4.99 Å². The predicted octanol–water partition coefficient (Wildman–Crippen LogP) is 8.77. The third-order valence-corrected chi connectivity index (χ3v) is 10.8. The zero-order valence-electron chi connectivity index (χ0n) is 33.2. The van der Waals surface area contributed by atoms with Crippen molar-refractivity contribution in [3.8, 4) is 22.5 Å². The fourth-order valence-electron chi connectivity index (χ4n) is 8.05. The number of hydrogen-bond acceptors (Lipinski definition) is 10. The Morgan fingerprint density at radius 2 is 1.37 bits per heavy atom. The lowest BCUT2D eigenvalue weighted by molar-refractivity contribution is -0.149. The van der Waals surface area contributed by atoms with Crippen LogP contribution in [0.3, 0.4) is 0 Å². The number of esters is 1. The summed E-state index contributed by atoms with van der Waals surface area (Å²) >= 11 is 0. The molecule has 3 heterocycles. The molecule has 8 rings (SSSR count). The van der Waals surface area contributed by atoms with E-state index in [2.05, 4.69) is 96.4 Å². The average Bonchev–Trinajstić information content (AvgIpc) is 3.99. The van der Waals surface area contributed by atoms with Crippen LogP contribution >= 0.6 is 0 Å². The molecule has 0 bridgehead atoms. The summed E-state index contributed by atoms with van der Waals surface area (Å²) in [5, 5.41) is 13.8. The molecule has 0 amide bonds. The Kier molecular flexibility index (Phi) is 11.1. The molecule has 5 aromatic carbocycles. The summed E-state index contributed by atoms with van der Waals surface area (Å²) in [5.74, 6) is -0.300. The molecule has 0 spiro atoms. The second-order valence-electron chi connectivity index (χ2n) is 14.6. The molecule has 11 heteroatoms. The number of aliphatic imine (C=N–C) groups is 1. The topological polar surface area (TPSA) is 129 Å². The largest absolute Gasteiger partial charge is 0.519 e. The number of aryl methyl sites for hydroxylation is 1. The van der Waals surface area contributed by atoms with Gasteiger partial charge in [-0.05, 0) is 69.6 Å². The molecule has 0 fully saturated rings. The molecule has 7 aromatic rings. The molecule has 0 N–H and O–H groups in total. The monoisotopic (exact) mass is 784 g/mol. The SMILES string of the molecule is C=C(C)C1=NC(CCC)N(Cc2ccc(-c3ccccc3-c3nnnn3C(c3ccccc3)(c3ccccc3)c3ccccc3)cc2)C1C(=O)OCc1oc(=O)oc1C. The first-order chi connectivity index (χ1) is 28.8. The van der Waals surface area contributed by atoms with Gasteiger partial charge in [-0.1, -0.05) is 159 Å². The van der Waals surface area contributed by atoms with Crippen molar-refractivity contribution in [2.75, 3.05) is 0 Å². The summed E-state index contributed by atoms with van der Waals surface area (Å²) in [4.78, 5) is 32.4. The van der Waals surface area contributed by atoms with E-state index < -0.39 is 23.4 Å². The van der Waals surface area contributed by atoms with E-state index in [1.54, 1.807) is 6.92 Å². The van der Waals surface area contributed by atoms with Crippen molar-refractivity contribution in [2.45, 2.75) is 64.5 Å². The van der Waals surface area contributed by atoms with Crippen molar-refractivity contribution in [1.82, 2.24) is 25.1 Å². The van der Waals surface area contributed by atoms with Crippen LogP contribution in [0.4, 0.5) is 0 Å². The van der Waals surface area contributed by atoms with E-state index in [0.29, 0.717) is 23.7 Å². The zero-order valence-corrected chi connectivity index (χ0v) is 33.2. The van der Waals surface area contributed by atoms with Crippen molar-refractivity contribution >= 4 is 11.7 Å². The Bertz CT molecular complexity index is 2550. The molecule has 2 atom stereocenters. The smallest absolute Gasteiger partial charge is 0.456 e. The van der Waals surface area contributed by atoms with E-state index in [0.717, 1.165) is 51.8 Å². The second-order valence-corrected chi connectivity index (χ2v) is 14.6. The number of carbonyl (C=O) groups excluding carboxylic acids is 1. The molecule has 0 radical (unpaired) electrons. The lowest BCUT2D eigenvalue weighted by Crippen LogP contribution is -2.46. The molecule has 0 saturated heterocycles. The van der Waals surface area contributed by atoms with Crippen molar-refractivity contribution in [1.29, 1.82) is 0 Å². The molecule has 1 aliphatic rings. The highest BCUT2D eigenvalue weighted by molar-refractivity contribution is 6.15. The molecule has 59 heavy (non-hydrogen) atoms. The van der Waals surface area contributed by atoms with Crippen LogP contribution in [0.1, 0.15) is 60.5 Å². The Morgan fingerprint density at radius 3 is 1.92 bits per heavy atom. The van der Waals surface area contributed by atoms with Crippen molar-refractivity contribution < 1.29 is 18.4 Å². The lowest BCUT2D eigenvalue weighted by atomic mass is 9.77. The van der Waals surface area contributed by atoms with Gasteiger partial charge in [-0.15, -0.1) is 5.10 Å². The maximum Gasteiger partial charge on any atom is 0.519 e. The minimum atomic E-state index is -0.905. The third kappa shape index (κ3) is 7.48. The second kappa shape index (κ2) is 16.9. The number of nitrogens with zero attached hydrogens (tertiary/aromatic N) is 6. The van der Waals surface area contributed by atoms with Crippen LogP contribution < -0.4 is 5.82 Å². The first-order valence-electron chi connectivity index (χ1n) is 19.7. The quantitative estimate of drug-likeness (QED) is 0.0785. The first kappa shape index (κ1) is 38.9. The van der Waals surface area contributed by atoms with Gasteiger partial charge in [0.05, 0.1) is 5.71 Å². The molecule has 0 aliphatic carbocycles. The number of hydrogen-bond donors (Lipinski definition) is 0. The highest BCUT2D eigenvalue weighted by Crippen LogP contribution is 2.43. The van der Waals surface area contributed by atoms with Crippen LogP contribution in [0.2, 0.25) is 0 Å². The van der Waals surface area contributed by atoms with Gasteiger partial charge >= 0.3 is 11.8 Å². The average molecular weight is 785 g/mol. The van der Waals surface area contributed by atoms with Gasteiger partial charge in [0.1, 0.15) is 11.7 Å². The van der Waals surface area contributed by atoms with Crippen LogP contribution in [-0.4, -0.2) is 49.0 Å². The van der Waals surface area contributed by atoms with Crippen molar-refractivity contribution in [3.63, 3.8) is 0 Å². The predicted molar refractivity (Wildman–Crippen MR) is 225 cm³/mol. The van der Waals surface area contributed by atoms with Crippen LogP contribution in [0, 0.1) is 6.92 Å². The van der Waals surface area contributed by atoms with Gasteiger partial charge in [0.25, 0.3) is 0 Å². The summed E-state index contributed by atoms with van der Waals surface area (Å²) in [6, 6.07) is 46.7. The Morgan fingerprint density at radius 1 is 0.797 bits per heavy atom. The Balaban J connectivity index is 1.15. The third-order valence-electron chi connectivity index (χ3n) is 10.8. The van der Waals surface area contributed by atoms with Gasteiger partial charge in [0.15, 0.2) is 30.0 Å². The summed E-state index contributed by atoms with van der Waals surface area (Å²) in [6.45, 7) is 9.85. The van der Waals surface area contributed by atoms with Crippen LogP contribution in [0.15, 0.2) is 170 Å². The van der Waals surface area contributed by atoms with E-state index in [9.17, 15) is 9.59 Å². The van der Waals surface area contributed by atoms with Crippen LogP contribution in [0.5, 0.6) is 0 Å². The highest BCUT2D eigenvalue weighted by Gasteiger charge is 2.43. The molecule has 1 aliphatic heterocycles. The van der Waals surface area contributed by atoms with Gasteiger partial charge in [-0.2, -0.15) is 0 Å². The molecule has 0 saturated carbocycles. The van der Waals surface area contributed by atoms with Crippen LogP contribution in [0.25, 0.3) is 22.5 Å². The minimum Gasteiger partial charge on any atom is -0.456 e. The number of tetrazole rings is 1. The van der Waals surface area contributed by atoms with Gasteiger partial charge < -0.3 is 13.6 Å². The van der Waals surface area contributed by atoms with Gasteiger partial charge in [-0.25, -0.2) is 14.3 Å². The minimum absolute atomic E-state index is 0.169. The Hall–Kier alpha value is -6.98. The zero-order chi connectivity index (χ0) is 40.9. The maximum atomic E-state index is 13.8. The molecule has 296 valence electrons. The summed E-state index contributed by atoms with van der Waals surface area (Å²) in [6.07, 6.45) is 1.36. The van der Waals surface area contributed by atoms with E-state index in [-0.39, 0.29) is 24.3 Å².